The van der Waals surface area contributed by atoms with Gasteiger partial charge in [0.25, 0.3) is 0 Å². The van der Waals surface area contributed by atoms with Gasteiger partial charge in [-0.25, -0.2) is 14.8 Å². The van der Waals surface area contributed by atoms with Gasteiger partial charge in [0.2, 0.25) is 0 Å². The number of H-pyrrole nitrogens is 1. The molecule has 2 heterocycles. The smallest absolute Gasteiger partial charge is 0.404 e. The van der Waals surface area contributed by atoms with Gasteiger partial charge in [0.05, 0.1) is 43.3 Å². The molecule has 0 saturated carbocycles. The molecule has 404 valence electrons. The number of aryl methyl sites for hydroxylation is 1. The maximum Gasteiger partial charge on any atom is 0.404 e. The second-order valence-electron chi connectivity index (χ2n) is 15.6. The molecule has 2 aromatic heterocycles. The number of imidazole rings is 2. The van der Waals surface area contributed by atoms with Crippen LogP contribution in [0, 0.1) is 18.8 Å². The number of carbonyl (C=O) groups excluding carboxylic acids is 4. The summed E-state index contributed by atoms with van der Waals surface area (Å²) in [6.45, 7) is 23.1. The number of terminal acetylenes is 1. The molecule has 0 aliphatic carbocycles. The number of nitrogens with one attached hydrogen (secondary N) is 2. The predicted octanol–water partition coefficient (Wildman–Crippen LogP) is 9.22. The lowest BCUT2D eigenvalue weighted by Crippen LogP contribution is -2.27. The molecule has 0 radical (unpaired) electrons. The first-order valence-electron chi connectivity index (χ1n) is 24.1. The average Bonchev–Trinajstić information content (AvgIpc) is 4.08. The number of amides is 1. The lowest BCUT2D eigenvalue weighted by molar-refractivity contribution is -0.108. The third-order valence-electron chi connectivity index (χ3n) is 9.10. The highest BCUT2D eigenvalue weighted by atomic mass is 16.5. The van der Waals surface area contributed by atoms with Gasteiger partial charge in [0.1, 0.15) is 25.2 Å². The first-order chi connectivity index (χ1) is 35.3. The molecule has 16 heteroatoms. The molecular formula is C57H90N10O6. The Kier molecular flexibility index (Phi) is 49.4. The average molecular weight is 1010 g/mol. The van der Waals surface area contributed by atoms with Crippen molar-refractivity contribution in [3.05, 3.63) is 139 Å². The van der Waals surface area contributed by atoms with E-state index in [-0.39, 0.29) is 0 Å². The summed E-state index contributed by atoms with van der Waals surface area (Å²) in [5, 5.41) is 3.37. The van der Waals surface area contributed by atoms with Crippen molar-refractivity contribution in [2.24, 2.45) is 23.1 Å². The van der Waals surface area contributed by atoms with Crippen molar-refractivity contribution in [1.29, 1.82) is 0 Å². The van der Waals surface area contributed by atoms with Crippen LogP contribution >= 0.6 is 0 Å². The van der Waals surface area contributed by atoms with Gasteiger partial charge in [-0.15, -0.1) is 12.8 Å². The molecule has 16 nitrogen and oxygen atoms in total. The zero-order chi connectivity index (χ0) is 56.4. The van der Waals surface area contributed by atoms with Crippen LogP contribution in [-0.2, 0) is 43.4 Å². The monoisotopic (exact) mass is 1010 g/mol. The van der Waals surface area contributed by atoms with Gasteiger partial charge < -0.3 is 60.8 Å². The number of methoxy groups -OCH3 is 2. The lowest BCUT2D eigenvalue weighted by atomic mass is 10.0. The quantitative estimate of drug-likeness (QED) is 0.0362. The summed E-state index contributed by atoms with van der Waals surface area (Å²) in [5.74, 6) is 1.52. The van der Waals surface area contributed by atoms with Crippen molar-refractivity contribution < 1.29 is 28.7 Å². The molecule has 3 aromatic carbocycles. The van der Waals surface area contributed by atoms with Gasteiger partial charge in [-0.2, -0.15) is 0 Å². The number of ether oxygens (including phenoxy) is 2. The van der Waals surface area contributed by atoms with E-state index in [9.17, 15) is 14.4 Å². The summed E-state index contributed by atoms with van der Waals surface area (Å²) < 4.78 is 10.2. The number of aromatic amines is 1. The zero-order valence-electron chi connectivity index (χ0n) is 46.1. The van der Waals surface area contributed by atoms with E-state index in [4.69, 9.17) is 10.5 Å². The number of nitrogens with zero attached hydrogens (tertiary/aromatic N) is 5. The minimum atomic E-state index is -0.745. The molecule has 0 atom stereocenters. The van der Waals surface area contributed by atoms with Crippen molar-refractivity contribution in [2.75, 3.05) is 62.1 Å². The van der Waals surface area contributed by atoms with Crippen molar-refractivity contribution in [3.63, 3.8) is 0 Å². The molecule has 0 saturated heterocycles. The third kappa shape index (κ3) is 36.4. The molecule has 0 spiro atoms. The van der Waals surface area contributed by atoms with Crippen LogP contribution < -0.4 is 22.5 Å². The van der Waals surface area contributed by atoms with Crippen LogP contribution in [0.25, 0.3) is 28.1 Å². The van der Waals surface area contributed by atoms with Gasteiger partial charge >= 0.3 is 6.09 Å². The van der Waals surface area contributed by atoms with Crippen LogP contribution in [0.2, 0.25) is 0 Å². The van der Waals surface area contributed by atoms with Gasteiger partial charge in [-0.1, -0.05) is 127 Å². The van der Waals surface area contributed by atoms with E-state index in [0.29, 0.717) is 18.8 Å². The molecule has 0 unspecified atom stereocenters. The Hall–Kier alpha value is -7.16. The van der Waals surface area contributed by atoms with Crippen molar-refractivity contribution in [2.45, 2.75) is 86.7 Å². The highest BCUT2D eigenvalue weighted by Crippen LogP contribution is 2.26. The summed E-state index contributed by atoms with van der Waals surface area (Å²) >= 11 is 0. The van der Waals surface area contributed by atoms with Crippen molar-refractivity contribution in [1.82, 2.24) is 34.6 Å². The predicted molar refractivity (Wildman–Crippen MR) is 304 cm³/mol. The number of rotatable bonds is 20. The molecule has 0 fully saturated rings. The number of nitrogens with two attached hydrogens (primary N) is 3. The number of likely N-dealkylation sites (N-methyl/N-ethyl adjacent to an activating group) is 1. The van der Waals surface area contributed by atoms with Gasteiger partial charge in [0, 0.05) is 58.2 Å². The first-order valence-corrected chi connectivity index (χ1v) is 24.1. The van der Waals surface area contributed by atoms with E-state index in [0.717, 1.165) is 110 Å². The second kappa shape index (κ2) is 49.8. The maximum atomic E-state index is 10.2. The molecule has 0 bridgehead atoms. The molecular weight excluding hydrogens is 921 g/mol. The van der Waals surface area contributed by atoms with Crippen molar-refractivity contribution >= 4 is 31.2 Å². The Morgan fingerprint density at radius 3 is 1.81 bits per heavy atom. The number of primary amides is 1. The van der Waals surface area contributed by atoms with Crippen LogP contribution in [-0.4, -0.2) is 117 Å². The van der Waals surface area contributed by atoms with Crippen LogP contribution in [0.4, 0.5) is 4.79 Å². The first kappa shape index (κ1) is 72.4. The zero-order valence-corrected chi connectivity index (χ0v) is 46.1. The SMILES string of the molecule is C#C.C=C(CN(C)CCC)N/C(=C\N)c1ccc(-c2ccc(-c3cnc(CN(C)CCC)[nH]3)cc2)cc1.C=O.CC.CC(C)CC=O.CN.COC.COC(N)=O.O=CCCc1cn(Cc2ccccc2)cn1. The fourth-order valence-electron chi connectivity index (χ4n) is 6.03. The van der Waals surface area contributed by atoms with Crippen LogP contribution in [0.5, 0.6) is 0 Å². The summed E-state index contributed by atoms with van der Waals surface area (Å²) in [6, 6.07) is 27.2. The summed E-state index contributed by atoms with van der Waals surface area (Å²) in [6.07, 6.45) is 20.7. The number of aldehydes is 2. The van der Waals surface area contributed by atoms with Gasteiger partial charge in [-0.05, 0) is 87.2 Å². The maximum absolute atomic E-state index is 10.2. The number of aromatic nitrogens is 4. The Morgan fingerprint density at radius 2 is 1.36 bits per heavy atom. The molecule has 5 aromatic rings. The Bertz CT molecular complexity index is 2130. The van der Waals surface area contributed by atoms with E-state index in [1.54, 1.807) is 20.4 Å². The molecule has 0 aliphatic heterocycles. The molecule has 8 N–H and O–H groups in total. The topological polar surface area (TPSA) is 230 Å². The minimum Gasteiger partial charge on any atom is -0.453 e. The van der Waals surface area contributed by atoms with Crippen LogP contribution in [0.15, 0.2) is 116 Å². The van der Waals surface area contributed by atoms with Gasteiger partial charge in [-0.3, -0.25) is 4.90 Å². The normalized spacial score (nSPS) is 9.64. The minimum absolute atomic E-state index is 0.530. The second-order valence-corrected chi connectivity index (χ2v) is 15.6. The number of hydrogen-bond acceptors (Lipinski definition) is 13. The van der Waals surface area contributed by atoms with E-state index < -0.39 is 6.09 Å². The highest BCUT2D eigenvalue weighted by Gasteiger charge is 2.09. The fourth-order valence-corrected chi connectivity index (χ4v) is 6.03. The highest BCUT2D eigenvalue weighted by molar-refractivity contribution is 5.72. The largest absolute Gasteiger partial charge is 0.453 e. The lowest BCUT2D eigenvalue weighted by Gasteiger charge is -2.19. The van der Waals surface area contributed by atoms with E-state index in [1.165, 1.54) is 25.3 Å². The Morgan fingerprint density at radius 1 is 0.849 bits per heavy atom. The fraction of sp³-hybridized carbons (Fsp3) is 0.404. The molecule has 5 rings (SSSR count). The van der Waals surface area contributed by atoms with Crippen LogP contribution in [0.1, 0.15) is 89.9 Å². The Balaban J connectivity index is -0.000000514. The standard InChI is InChI=1S/C29H40N6.C13H14N2O.C5H10O.C2H5NO2.C2H6O.C2H6.C2H2.CH5N.CH2O/c1-6-16-34(4)20-22(3)32-27(18-30)25-12-8-23(9-13-25)24-10-14-26(15-11-24)28-19-31-29(33-28)21-35(5)17-7-2;16-8-4-7-13-10-15(11-14-13)9-12-5-2-1-3-6-12;1-5(2)3-4-6;1-5-2(3)4;1-3-2;4*1-2/h8-15,18-19,32H,3,6-7,16-17,20-21,30H2,1-2,4-5H3,(H,31,33);1-3,5-6,8,10-11H,4,7,9H2;4-5H,3H2,1-2H3;1H3,(H2,3,4);1-2H3;1-2H3;1-2H;2H2,1H3;1H2/b27-18-;;;;;;;;. The van der Waals surface area contributed by atoms with E-state index in [2.05, 4.69) is 159 Å². The van der Waals surface area contributed by atoms with E-state index >= 15 is 0 Å². The summed E-state index contributed by atoms with van der Waals surface area (Å²) in [7, 11) is 10.2. The number of carbonyl (C=O) groups is 4. The number of benzene rings is 3. The van der Waals surface area contributed by atoms with E-state index in [1.807, 2.05) is 76.0 Å². The van der Waals surface area contributed by atoms with Crippen molar-refractivity contribution in [3.8, 4) is 35.2 Å². The summed E-state index contributed by atoms with van der Waals surface area (Å²) in [5.41, 5.74) is 24.4. The van der Waals surface area contributed by atoms with Gasteiger partial charge in [0.15, 0.2) is 0 Å². The number of hydrogen-bond donors (Lipinski definition) is 5. The molecule has 0 aliphatic rings. The van der Waals surface area contributed by atoms with Crippen LogP contribution in [0.3, 0.4) is 0 Å². The molecule has 1 amide bonds. The summed E-state index contributed by atoms with van der Waals surface area (Å²) in [4.78, 5) is 54.0. The Labute approximate surface area is 438 Å². The molecule has 73 heavy (non-hydrogen) atoms. The third-order valence-corrected chi connectivity index (χ3v) is 9.10.